The van der Waals surface area contributed by atoms with E-state index in [1.165, 1.54) is 5.48 Å². The number of anilines is 1. The highest BCUT2D eigenvalue weighted by atomic mass is 35.5. The average Bonchev–Trinajstić information content (AvgIpc) is 2.08. The Balaban J connectivity index is 3.33. The number of benzene rings is 1. The molecule has 0 aliphatic rings. The summed E-state index contributed by atoms with van der Waals surface area (Å²) >= 11 is 5.30. The summed E-state index contributed by atoms with van der Waals surface area (Å²) in [5.41, 5.74) is 0.672. The largest absolute Gasteiger partial charge is 0.296 e. The van der Waals surface area contributed by atoms with Crippen LogP contribution in [0, 0.1) is 15.9 Å². The molecule has 1 aromatic carbocycles. The van der Waals surface area contributed by atoms with Gasteiger partial charge in [0.2, 0.25) is 0 Å². The highest BCUT2D eigenvalue weighted by Gasteiger charge is 2.16. The van der Waals surface area contributed by atoms with Crippen molar-refractivity contribution in [3.63, 3.8) is 0 Å². The van der Waals surface area contributed by atoms with Gasteiger partial charge in [0.1, 0.15) is 11.5 Å². The van der Waals surface area contributed by atoms with Crippen LogP contribution in [0.15, 0.2) is 12.1 Å². The van der Waals surface area contributed by atoms with Crippen molar-refractivity contribution >= 4 is 23.0 Å². The third-order valence-electron chi connectivity index (χ3n) is 1.36. The number of nitrogens with one attached hydrogen (secondary N) is 1. The number of nitro benzene ring substituents is 1. The van der Waals surface area contributed by atoms with Gasteiger partial charge in [0, 0.05) is 12.1 Å². The Morgan fingerprint density at radius 3 is 2.69 bits per heavy atom. The highest BCUT2D eigenvalue weighted by molar-refractivity contribution is 6.31. The first-order valence-electron chi connectivity index (χ1n) is 3.10. The fraction of sp³-hybridized carbons (Fsp3) is 0. The van der Waals surface area contributed by atoms with Crippen molar-refractivity contribution in [2.75, 3.05) is 5.48 Å². The Kier molecular flexibility index (Phi) is 2.64. The van der Waals surface area contributed by atoms with Crippen LogP contribution in [0.4, 0.5) is 15.8 Å². The minimum atomic E-state index is -0.844. The van der Waals surface area contributed by atoms with Crippen LogP contribution < -0.4 is 5.48 Å². The molecule has 0 saturated heterocycles. The van der Waals surface area contributed by atoms with Crippen LogP contribution in [-0.4, -0.2) is 10.1 Å². The molecule has 0 unspecified atom stereocenters. The number of hydrogen-bond acceptors (Lipinski definition) is 4. The third-order valence-corrected chi connectivity index (χ3v) is 1.65. The van der Waals surface area contributed by atoms with Crippen LogP contribution in [0.25, 0.3) is 0 Å². The summed E-state index contributed by atoms with van der Waals surface area (Å²) in [4.78, 5) is 9.53. The van der Waals surface area contributed by atoms with Crippen LogP contribution in [0.3, 0.4) is 0 Å². The van der Waals surface area contributed by atoms with Crippen molar-refractivity contribution in [2.24, 2.45) is 0 Å². The topological polar surface area (TPSA) is 75.4 Å². The maximum absolute atomic E-state index is 12.7. The molecule has 0 heterocycles. The second-order valence-electron chi connectivity index (χ2n) is 2.15. The van der Waals surface area contributed by atoms with E-state index in [0.717, 1.165) is 12.1 Å². The molecule has 0 bridgehead atoms. The summed E-state index contributed by atoms with van der Waals surface area (Å²) in [7, 11) is 0. The molecule has 7 heteroatoms. The zero-order valence-electron chi connectivity index (χ0n) is 6.12. The Labute approximate surface area is 76.9 Å². The van der Waals surface area contributed by atoms with Gasteiger partial charge in [-0.1, -0.05) is 11.6 Å². The van der Waals surface area contributed by atoms with E-state index in [1.54, 1.807) is 0 Å². The maximum atomic E-state index is 12.7. The SMILES string of the molecule is O=[N+]([O-])c1cc(Cl)c(F)cc1NO. The number of rotatable bonds is 2. The zero-order chi connectivity index (χ0) is 10.0. The van der Waals surface area contributed by atoms with Crippen molar-refractivity contribution in [3.05, 3.63) is 33.1 Å². The molecule has 70 valence electrons. The predicted octanol–water partition coefficient (Wildman–Crippen LogP) is 2.19. The van der Waals surface area contributed by atoms with Gasteiger partial charge in [-0.3, -0.25) is 20.8 Å². The van der Waals surface area contributed by atoms with Gasteiger partial charge in [-0.2, -0.15) is 0 Å². The van der Waals surface area contributed by atoms with Crippen LogP contribution in [0.5, 0.6) is 0 Å². The minimum absolute atomic E-state index is 0.341. The Morgan fingerprint density at radius 1 is 1.62 bits per heavy atom. The molecule has 2 N–H and O–H groups in total. The molecule has 13 heavy (non-hydrogen) atoms. The van der Waals surface area contributed by atoms with Gasteiger partial charge < -0.3 is 0 Å². The van der Waals surface area contributed by atoms with Gasteiger partial charge in [0.25, 0.3) is 5.69 Å². The minimum Gasteiger partial charge on any atom is -0.291 e. The van der Waals surface area contributed by atoms with Gasteiger partial charge in [-0.25, -0.2) is 4.39 Å². The lowest BCUT2D eigenvalue weighted by Gasteiger charge is -2.01. The molecule has 0 amide bonds. The highest BCUT2D eigenvalue weighted by Crippen LogP contribution is 2.29. The van der Waals surface area contributed by atoms with Crippen molar-refractivity contribution in [2.45, 2.75) is 0 Å². The molecule has 0 radical (unpaired) electrons. The van der Waals surface area contributed by atoms with E-state index in [9.17, 15) is 14.5 Å². The number of nitro groups is 1. The van der Waals surface area contributed by atoms with Crippen LogP contribution in [-0.2, 0) is 0 Å². The smallest absolute Gasteiger partial charge is 0.291 e. The molecular weight excluding hydrogens is 203 g/mol. The van der Waals surface area contributed by atoms with Crippen molar-refractivity contribution in [3.8, 4) is 0 Å². The average molecular weight is 207 g/mol. The molecule has 0 fully saturated rings. The number of nitrogens with zero attached hydrogens (tertiary/aromatic N) is 1. The summed E-state index contributed by atoms with van der Waals surface area (Å²) in [5, 5.41) is 18.4. The standard InChI is InChI=1S/C6H4ClFN2O3/c7-3-1-6(10(12)13)5(9-11)2-4(3)8/h1-2,9,11H. The zero-order valence-corrected chi connectivity index (χ0v) is 6.88. The van der Waals surface area contributed by atoms with E-state index < -0.39 is 16.4 Å². The van der Waals surface area contributed by atoms with Crippen molar-refractivity contribution in [1.29, 1.82) is 0 Å². The van der Waals surface area contributed by atoms with Gasteiger partial charge in [0.05, 0.1) is 9.95 Å². The Morgan fingerprint density at radius 2 is 2.23 bits per heavy atom. The molecule has 0 aliphatic carbocycles. The molecule has 0 atom stereocenters. The first-order valence-corrected chi connectivity index (χ1v) is 3.47. The predicted molar refractivity (Wildman–Crippen MR) is 43.5 cm³/mol. The Bertz CT molecular complexity index is 358. The van der Waals surface area contributed by atoms with E-state index in [4.69, 9.17) is 16.8 Å². The summed E-state index contributed by atoms with van der Waals surface area (Å²) in [6.07, 6.45) is 0. The van der Waals surface area contributed by atoms with E-state index in [2.05, 4.69) is 0 Å². The fourth-order valence-electron chi connectivity index (χ4n) is 0.777. The van der Waals surface area contributed by atoms with Gasteiger partial charge >= 0.3 is 0 Å². The molecule has 0 saturated carbocycles. The fourth-order valence-corrected chi connectivity index (χ4v) is 0.935. The summed E-state index contributed by atoms with van der Waals surface area (Å²) in [6.45, 7) is 0. The van der Waals surface area contributed by atoms with Crippen molar-refractivity contribution < 1.29 is 14.5 Å². The summed E-state index contributed by atoms with van der Waals surface area (Å²) in [6, 6.07) is 1.55. The maximum Gasteiger partial charge on any atom is 0.296 e. The summed E-state index contributed by atoms with van der Waals surface area (Å²) in [5.74, 6) is -0.844. The van der Waals surface area contributed by atoms with Crippen LogP contribution >= 0.6 is 11.6 Å². The van der Waals surface area contributed by atoms with E-state index >= 15 is 0 Å². The van der Waals surface area contributed by atoms with Crippen molar-refractivity contribution in [1.82, 2.24) is 0 Å². The molecule has 0 spiro atoms. The quantitative estimate of drug-likeness (QED) is 0.575. The van der Waals surface area contributed by atoms with E-state index in [-0.39, 0.29) is 10.7 Å². The normalized spacial score (nSPS) is 9.77. The molecule has 0 aliphatic heterocycles. The van der Waals surface area contributed by atoms with Gasteiger partial charge in [-0.15, -0.1) is 0 Å². The number of halogens is 2. The first-order chi connectivity index (χ1) is 6.06. The monoisotopic (exact) mass is 206 g/mol. The molecule has 1 aromatic rings. The summed E-state index contributed by atoms with van der Waals surface area (Å²) < 4.78 is 12.7. The van der Waals surface area contributed by atoms with Gasteiger partial charge in [-0.05, 0) is 0 Å². The molecule has 5 nitrogen and oxygen atoms in total. The van der Waals surface area contributed by atoms with E-state index in [0.29, 0.717) is 0 Å². The molecule has 0 aromatic heterocycles. The number of hydrogen-bond donors (Lipinski definition) is 2. The second-order valence-corrected chi connectivity index (χ2v) is 2.56. The van der Waals surface area contributed by atoms with Crippen LogP contribution in [0.2, 0.25) is 5.02 Å². The van der Waals surface area contributed by atoms with Crippen LogP contribution in [0.1, 0.15) is 0 Å². The lowest BCUT2D eigenvalue weighted by molar-refractivity contribution is -0.384. The molecular formula is C6H4ClFN2O3. The van der Waals surface area contributed by atoms with E-state index in [1.807, 2.05) is 0 Å². The third kappa shape index (κ3) is 1.85. The lowest BCUT2D eigenvalue weighted by atomic mass is 10.2. The van der Waals surface area contributed by atoms with Gasteiger partial charge in [0.15, 0.2) is 0 Å². The lowest BCUT2D eigenvalue weighted by Crippen LogP contribution is -1.98. The molecule has 1 rings (SSSR count). The Hall–Kier alpha value is -1.40. The first kappa shape index (κ1) is 9.69. The second kappa shape index (κ2) is 3.55.